The molecule has 0 amide bonds. The van der Waals surface area contributed by atoms with E-state index in [4.69, 9.17) is 4.98 Å². The van der Waals surface area contributed by atoms with Crippen molar-refractivity contribution in [1.29, 1.82) is 0 Å². The van der Waals surface area contributed by atoms with E-state index in [-0.39, 0.29) is 6.04 Å². The summed E-state index contributed by atoms with van der Waals surface area (Å²) in [4.78, 5) is 8.90. The third kappa shape index (κ3) is 2.82. The Balaban J connectivity index is 1.86. The molecule has 5 heteroatoms. The van der Waals surface area contributed by atoms with Crippen molar-refractivity contribution in [3.63, 3.8) is 0 Å². The molecule has 0 spiro atoms. The smallest absolute Gasteiger partial charge is 0.236 e. The lowest BCUT2D eigenvalue weighted by molar-refractivity contribution is 0.288. The number of pyridine rings is 1. The lowest BCUT2D eigenvalue weighted by atomic mass is 10.1. The summed E-state index contributed by atoms with van der Waals surface area (Å²) >= 11 is 0. The van der Waals surface area contributed by atoms with Crippen molar-refractivity contribution in [3.05, 3.63) is 73.1 Å². The molecule has 0 saturated carbocycles. The number of benzene rings is 2. The minimum absolute atomic E-state index is 0.151. The van der Waals surface area contributed by atoms with Crippen LogP contribution >= 0.6 is 0 Å². The molecule has 0 unspecified atom stereocenters. The van der Waals surface area contributed by atoms with Gasteiger partial charge in [0.1, 0.15) is 0 Å². The summed E-state index contributed by atoms with van der Waals surface area (Å²) in [5.41, 5.74) is 4.59. The van der Waals surface area contributed by atoms with Gasteiger partial charge in [0.2, 0.25) is 5.95 Å². The van der Waals surface area contributed by atoms with E-state index in [0.29, 0.717) is 11.6 Å². The van der Waals surface area contributed by atoms with Gasteiger partial charge in [0, 0.05) is 24.0 Å². The van der Waals surface area contributed by atoms with Crippen LogP contribution in [-0.2, 0) is 0 Å². The molecule has 0 atom stereocenters. The number of nitrogens with zero attached hydrogens (tertiary/aromatic N) is 4. The van der Waals surface area contributed by atoms with Gasteiger partial charge in [-0.1, -0.05) is 30.3 Å². The molecule has 0 aliphatic carbocycles. The predicted octanol–water partition coefficient (Wildman–Crippen LogP) is 5.21. The van der Waals surface area contributed by atoms with Gasteiger partial charge in [-0.05, 0) is 49.7 Å². The summed E-state index contributed by atoms with van der Waals surface area (Å²) in [6.45, 7) is 4.16. The Morgan fingerprint density at radius 1 is 0.962 bits per heavy atom. The SMILES string of the molecule is CC(C)n1c(N(O)c2ccccc2)nc2cc(-c3cccnc3)ccc21. The number of fused-ring (bicyclic) bond motifs is 1. The van der Waals surface area contributed by atoms with Gasteiger partial charge >= 0.3 is 0 Å². The van der Waals surface area contributed by atoms with Crippen LogP contribution in [0.1, 0.15) is 19.9 Å². The number of hydrogen-bond donors (Lipinski definition) is 1. The van der Waals surface area contributed by atoms with Gasteiger partial charge in [-0.15, -0.1) is 0 Å². The summed E-state index contributed by atoms with van der Waals surface area (Å²) in [5.74, 6) is 0.504. The third-order valence-corrected chi connectivity index (χ3v) is 4.37. The van der Waals surface area contributed by atoms with Gasteiger partial charge in [0.15, 0.2) is 0 Å². The molecule has 0 aliphatic rings. The second-order valence-corrected chi connectivity index (χ2v) is 6.47. The number of hydrogen-bond acceptors (Lipinski definition) is 4. The fourth-order valence-corrected chi connectivity index (χ4v) is 3.14. The van der Waals surface area contributed by atoms with Crippen LogP contribution < -0.4 is 5.06 Å². The fourth-order valence-electron chi connectivity index (χ4n) is 3.14. The second kappa shape index (κ2) is 6.61. The zero-order valence-corrected chi connectivity index (χ0v) is 14.7. The number of rotatable bonds is 4. The molecule has 2 aromatic heterocycles. The van der Waals surface area contributed by atoms with Crippen LogP contribution in [0.4, 0.5) is 11.6 Å². The zero-order valence-electron chi connectivity index (χ0n) is 14.7. The highest BCUT2D eigenvalue weighted by Crippen LogP contribution is 2.32. The van der Waals surface area contributed by atoms with E-state index in [1.54, 1.807) is 6.20 Å². The van der Waals surface area contributed by atoms with E-state index >= 15 is 0 Å². The van der Waals surface area contributed by atoms with Crippen molar-refractivity contribution in [3.8, 4) is 11.1 Å². The maximum atomic E-state index is 10.7. The number of para-hydroxylation sites is 1. The molecule has 0 radical (unpaired) electrons. The standard InChI is InChI=1S/C21H20N4O/c1-15(2)24-20-11-10-16(17-7-6-12-22-14-17)13-19(20)23-21(24)25(26)18-8-4-3-5-9-18/h3-15,26H,1-2H3. The highest BCUT2D eigenvalue weighted by molar-refractivity contribution is 5.85. The first kappa shape index (κ1) is 16.3. The number of imidazole rings is 1. The zero-order chi connectivity index (χ0) is 18.1. The van der Waals surface area contributed by atoms with E-state index < -0.39 is 0 Å². The molecule has 0 saturated heterocycles. The second-order valence-electron chi connectivity index (χ2n) is 6.47. The minimum atomic E-state index is 0.151. The van der Waals surface area contributed by atoms with Crippen LogP contribution in [0.3, 0.4) is 0 Å². The molecule has 1 N–H and O–H groups in total. The summed E-state index contributed by atoms with van der Waals surface area (Å²) in [6.07, 6.45) is 3.60. The first-order valence-electron chi connectivity index (χ1n) is 8.61. The lowest BCUT2D eigenvalue weighted by Gasteiger charge is -2.20. The van der Waals surface area contributed by atoms with Crippen LogP contribution in [0, 0.1) is 0 Å². The van der Waals surface area contributed by atoms with E-state index in [1.807, 2.05) is 65.4 Å². The molecule has 0 fully saturated rings. The van der Waals surface area contributed by atoms with Crippen molar-refractivity contribution in [2.24, 2.45) is 0 Å². The van der Waals surface area contributed by atoms with Gasteiger partial charge in [-0.2, -0.15) is 5.06 Å². The Morgan fingerprint density at radius 2 is 1.77 bits per heavy atom. The molecule has 130 valence electrons. The molecular weight excluding hydrogens is 324 g/mol. The average molecular weight is 344 g/mol. The third-order valence-electron chi connectivity index (χ3n) is 4.37. The Hall–Kier alpha value is -3.18. The molecule has 5 nitrogen and oxygen atoms in total. The minimum Gasteiger partial charge on any atom is -0.306 e. The molecule has 2 heterocycles. The first-order valence-corrected chi connectivity index (χ1v) is 8.61. The van der Waals surface area contributed by atoms with E-state index in [1.165, 1.54) is 0 Å². The molecule has 4 rings (SSSR count). The Kier molecular flexibility index (Phi) is 4.14. The maximum Gasteiger partial charge on any atom is 0.236 e. The van der Waals surface area contributed by atoms with Crippen LogP contribution in [0.5, 0.6) is 0 Å². The fraction of sp³-hybridized carbons (Fsp3) is 0.143. The summed E-state index contributed by atoms with van der Waals surface area (Å²) < 4.78 is 2.04. The molecule has 2 aromatic carbocycles. The van der Waals surface area contributed by atoms with Crippen LogP contribution in [0.25, 0.3) is 22.2 Å². The van der Waals surface area contributed by atoms with E-state index in [9.17, 15) is 5.21 Å². The van der Waals surface area contributed by atoms with Crippen molar-refractivity contribution in [1.82, 2.24) is 14.5 Å². The normalized spacial score (nSPS) is 11.2. The Labute approximate surface area is 152 Å². The first-order chi connectivity index (χ1) is 12.6. The van der Waals surface area contributed by atoms with Crippen molar-refractivity contribution in [2.45, 2.75) is 19.9 Å². The quantitative estimate of drug-likeness (QED) is 0.517. The van der Waals surface area contributed by atoms with Crippen LogP contribution in [0.2, 0.25) is 0 Å². The Morgan fingerprint density at radius 3 is 2.46 bits per heavy atom. The van der Waals surface area contributed by atoms with Gasteiger partial charge in [-0.25, -0.2) is 4.98 Å². The van der Waals surface area contributed by atoms with E-state index in [0.717, 1.165) is 27.2 Å². The average Bonchev–Trinajstić information content (AvgIpc) is 3.07. The highest BCUT2D eigenvalue weighted by Gasteiger charge is 2.19. The van der Waals surface area contributed by atoms with Crippen molar-refractivity contribution in [2.75, 3.05) is 5.06 Å². The molecular formula is C21H20N4O. The maximum absolute atomic E-state index is 10.7. The molecule has 0 bridgehead atoms. The Bertz CT molecular complexity index is 1030. The summed E-state index contributed by atoms with van der Waals surface area (Å²) in [6, 6.07) is 19.6. The van der Waals surface area contributed by atoms with Crippen molar-refractivity contribution >= 4 is 22.7 Å². The number of aromatic nitrogens is 3. The van der Waals surface area contributed by atoms with E-state index in [2.05, 4.69) is 24.9 Å². The number of anilines is 2. The van der Waals surface area contributed by atoms with Crippen molar-refractivity contribution < 1.29 is 5.21 Å². The summed E-state index contributed by atoms with van der Waals surface area (Å²) in [7, 11) is 0. The summed E-state index contributed by atoms with van der Waals surface area (Å²) in [5, 5.41) is 11.9. The highest BCUT2D eigenvalue weighted by atomic mass is 16.5. The van der Waals surface area contributed by atoms with Gasteiger partial charge in [-0.3, -0.25) is 10.2 Å². The predicted molar refractivity (Wildman–Crippen MR) is 104 cm³/mol. The van der Waals surface area contributed by atoms with Gasteiger partial charge in [0.05, 0.1) is 16.7 Å². The molecule has 26 heavy (non-hydrogen) atoms. The van der Waals surface area contributed by atoms with Gasteiger partial charge in [0.25, 0.3) is 0 Å². The topological polar surface area (TPSA) is 54.2 Å². The van der Waals surface area contributed by atoms with Crippen LogP contribution in [-0.4, -0.2) is 19.7 Å². The monoisotopic (exact) mass is 344 g/mol. The lowest BCUT2D eigenvalue weighted by Crippen LogP contribution is -2.17. The van der Waals surface area contributed by atoms with Gasteiger partial charge < -0.3 is 4.57 Å². The molecule has 4 aromatic rings. The largest absolute Gasteiger partial charge is 0.306 e. The molecule has 0 aliphatic heterocycles. The van der Waals surface area contributed by atoms with Crippen LogP contribution in [0.15, 0.2) is 73.1 Å².